The van der Waals surface area contributed by atoms with E-state index in [9.17, 15) is 4.79 Å². The molecule has 4 heteroatoms. The Hall–Kier alpha value is -1.81. The molecule has 2 unspecified atom stereocenters. The molecule has 124 valence electrons. The van der Waals surface area contributed by atoms with Gasteiger partial charge in [0.15, 0.2) is 0 Å². The Morgan fingerprint density at radius 2 is 2.13 bits per heavy atom. The Morgan fingerprint density at radius 3 is 2.83 bits per heavy atom. The van der Waals surface area contributed by atoms with E-state index in [4.69, 9.17) is 4.74 Å². The fourth-order valence-corrected chi connectivity index (χ4v) is 3.60. The third kappa shape index (κ3) is 3.42. The molecule has 0 aromatic heterocycles. The van der Waals surface area contributed by atoms with Crippen LogP contribution in [0.25, 0.3) is 0 Å². The second-order valence-corrected chi connectivity index (χ2v) is 6.78. The van der Waals surface area contributed by atoms with Crippen molar-refractivity contribution in [2.24, 2.45) is 0 Å². The molecule has 1 saturated heterocycles. The van der Waals surface area contributed by atoms with Crippen molar-refractivity contribution in [1.82, 2.24) is 9.80 Å². The van der Waals surface area contributed by atoms with Crippen molar-refractivity contribution in [3.8, 4) is 0 Å². The summed E-state index contributed by atoms with van der Waals surface area (Å²) in [6.45, 7) is 7.38. The van der Waals surface area contributed by atoms with E-state index in [0.717, 1.165) is 32.5 Å². The number of hydrogen-bond donors (Lipinski definition) is 0. The molecule has 1 fully saturated rings. The van der Waals surface area contributed by atoms with Crippen molar-refractivity contribution in [3.05, 3.63) is 48.0 Å². The van der Waals surface area contributed by atoms with Crippen molar-refractivity contribution < 1.29 is 9.53 Å². The molecule has 3 rings (SSSR count). The number of fused-ring (bicyclic) bond motifs is 2. The van der Waals surface area contributed by atoms with E-state index in [0.29, 0.717) is 6.61 Å². The van der Waals surface area contributed by atoms with Gasteiger partial charge in [-0.1, -0.05) is 55.8 Å². The Bertz CT molecular complexity index is 572. The Morgan fingerprint density at radius 1 is 1.35 bits per heavy atom. The topological polar surface area (TPSA) is 32.8 Å². The van der Waals surface area contributed by atoms with Crippen LogP contribution in [0.1, 0.15) is 32.3 Å². The summed E-state index contributed by atoms with van der Waals surface area (Å²) in [7, 11) is 0. The summed E-state index contributed by atoms with van der Waals surface area (Å²) in [6.07, 6.45) is 6.12. The molecule has 1 aromatic carbocycles. The van der Waals surface area contributed by atoms with E-state index in [1.165, 1.54) is 5.56 Å². The van der Waals surface area contributed by atoms with Gasteiger partial charge in [0.1, 0.15) is 0 Å². The molecule has 2 heterocycles. The zero-order valence-corrected chi connectivity index (χ0v) is 14.1. The fraction of sp³-hybridized carbons (Fsp3) is 0.526. The molecule has 2 aliphatic rings. The first-order valence-corrected chi connectivity index (χ1v) is 8.54. The molecule has 2 bridgehead atoms. The van der Waals surface area contributed by atoms with Gasteiger partial charge in [-0.3, -0.25) is 9.80 Å². The lowest BCUT2D eigenvalue weighted by atomic mass is 9.99. The quantitative estimate of drug-likeness (QED) is 0.616. The van der Waals surface area contributed by atoms with E-state index in [2.05, 4.69) is 55.2 Å². The van der Waals surface area contributed by atoms with Crippen molar-refractivity contribution in [3.63, 3.8) is 0 Å². The van der Waals surface area contributed by atoms with Crippen LogP contribution in [0, 0.1) is 0 Å². The SMILES string of the molecule is CCCCOC(=O)N1C2C=CC1(C)CN(Cc1ccccc1)C2. The lowest BCUT2D eigenvalue weighted by Gasteiger charge is -2.46. The average molecular weight is 314 g/mol. The molecule has 0 spiro atoms. The van der Waals surface area contributed by atoms with Gasteiger partial charge < -0.3 is 4.74 Å². The maximum absolute atomic E-state index is 12.4. The first-order chi connectivity index (χ1) is 11.1. The van der Waals surface area contributed by atoms with Crippen LogP contribution in [0.15, 0.2) is 42.5 Å². The molecular formula is C19H26N2O2. The van der Waals surface area contributed by atoms with E-state index in [1.807, 2.05) is 11.0 Å². The number of ether oxygens (including phenoxy) is 1. The van der Waals surface area contributed by atoms with Crippen LogP contribution in [-0.2, 0) is 11.3 Å². The van der Waals surface area contributed by atoms with Gasteiger partial charge in [-0.05, 0) is 18.9 Å². The van der Waals surface area contributed by atoms with E-state index >= 15 is 0 Å². The summed E-state index contributed by atoms with van der Waals surface area (Å²) < 4.78 is 5.45. The number of carbonyl (C=O) groups is 1. The summed E-state index contributed by atoms with van der Waals surface area (Å²) >= 11 is 0. The molecule has 0 radical (unpaired) electrons. The second kappa shape index (κ2) is 6.75. The van der Waals surface area contributed by atoms with Gasteiger partial charge in [-0.15, -0.1) is 0 Å². The number of unbranched alkanes of at least 4 members (excludes halogenated alkanes) is 1. The number of benzene rings is 1. The van der Waals surface area contributed by atoms with Crippen molar-refractivity contribution in [1.29, 1.82) is 0 Å². The van der Waals surface area contributed by atoms with Crippen molar-refractivity contribution in [2.75, 3.05) is 19.7 Å². The number of hydrogen-bond acceptors (Lipinski definition) is 3. The largest absolute Gasteiger partial charge is 0.449 e. The third-order valence-electron chi connectivity index (χ3n) is 4.72. The summed E-state index contributed by atoms with van der Waals surface area (Å²) in [4.78, 5) is 16.8. The molecule has 2 atom stereocenters. The zero-order valence-electron chi connectivity index (χ0n) is 14.1. The highest BCUT2D eigenvalue weighted by Crippen LogP contribution is 2.34. The molecule has 1 aromatic rings. The summed E-state index contributed by atoms with van der Waals surface area (Å²) in [5.41, 5.74) is 1.05. The highest BCUT2D eigenvalue weighted by atomic mass is 16.6. The van der Waals surface area contributed by atoms with Crippen LogP contribution < -0.4 is 0 Å². The van der Waals surface area contributed by atoms with Crippen LogP contribution >= 0.6 is 0 Å². The van der Waals surface area contributed by atoms with Gasteiger partial charge in [0.2, 0.25) is 0 Å². The van der Waals surface area contributed by atoms with Crippen LogP contribution in [-0.4, -0.2) is 47.2 Å². The molecule has 0 aliphatic carbocycles. The minimum Gasteiger partial charge on any atom is -0.449 e. The first kappa shape index (κ1) is 16.1. The lowest BCUT2D eigenvalue weighted by molar-refractivity contribution is 0.0111. The molecule has 23 heavy (non-hydrogen) atoms. The van der Waals surface area contributed by atoms with Crippen LogP contribution in [0.2, 0.25) is 0 Å². The van der Waals surface area contributed by atoms with E-state index in [1.54, 1.807) is 0 Å². The molecule has 2 aliphatic heterocycles. The normalized spacial score (nSPS) is 26.5. The Labute approximate surface area is 138 Å². The number of piperazine rings is 1. The molecule has 0 N–H and O–H groups in total. The van der Waals surface area contributed by atoms with E-state index < -0.39 is 0 Å². The minimum absolute atomic E-state index is 0.117. The highest BCUT2D eigenvalue weighted by molar-refractivity contribution is 5.71. The van der Waals surface area contributed by atoms with Gasteiger partial charge >= 0.3 is 6.09 Å². The average Bonchev–Trinajstić information content (AvgIpc) is 2.75. The van der Waals surface area contributed by atoms with Crippen LogP contribution in [0.5, 0.6) is 0 Å². The van der Waals surface area contributed by atoms with Gasteiger partial charge in [0, 0.05) is 19.6 Å². The number of rotatable bonds is 5. The Balaban J connectivity index is 1.64. The molecule has 1 amide bonds. The smallest absolute Gasteiger partial charge is 0.411 e. The van der Waals surface area contributed by atoms with E-state index in [-0.39, 0.29) is 17.7 Å². The van der Waals surface area contributed by atoms with Crippen LogP contribution in [0.3, 0.4) is 0 Å². The summed E-state index contributed by atoms with van der Waals surface area (Å²) in [6, 6.07) is 10.6. The number of carbonyl (C=O) groups excluding carboxylic acids is 1. The first-order valence-electron chi connectivity index (χ1n) is 8.54. The zero-order chi connectivity index (χ0) is 16.3. The van der Waals surface area contributed by atoms with Gasteiger partial charge in [-0.2, -0.15) is 0 Å². The van der Waals surface area contributed by atoms with Crippen molar-refractivity contribution >= 4 is 6.09 Å². The minimum atomic E-state index is -0.263. The molecule has 0 saturated carbocycles. The Kier molecular flexibility index (Phi) is 4.71. The van der Waals surface area contributed by atoms with Gasteiger partial charge in [0.05, 0.1) is 18.2 Å². The summed E-state index contributed by atoms with van der Waals surface area (Å²) in [5, 5.41) is 0. The molecule has 4 nitrogen and oxygen atoms in total. The molecular weight excluding hydrogens is 288 g/mol. The van der Waals surface area contributed by atoms with Crippen molar-refractivity contribution in [2.45, 2.75) is 44.8 Å². The number of amides is 1. The lowest BCUT2D eigenvalue weighted by Crippen LogP contribution is -2.62. The van der Waals surface area contributed by atoms with Gasteiger partial charge in [0.25, 0.3) is 0 Å². The highest BCUT2D eigenvalue weighted by Gasteiger charge is 2.47. The predicted molar refractivity (Wildman–Crippen MR) is 91.1 cm³/mol. The third-order valence-corrected chi connectivity index (χ3v) is 4.72. The fourth-order valence-electron chi connectivity index (χ4n) is 3.60. The van der Waals surface area contributed by atoms with Crippen LogP contribution in [0.4, 0.5) is 4.79 Å². The van der Waals surface area contributed by atoms with Gasteiger partial charge in [-0.25, -0.2) is 4.79 Å². The standard InChI is InChI=1S/C19H26N2O2/c1-3-4-12-23-18(22)21-17-10-11-19(21,2)15-20(14-17)13-16-8-6-5-7-9-16/h5-11,17H,3-4,12-15H2,1-2H3. The summed E-state index contributed by atoms with van der Waals surface area (Å²) in [5.74, 6) is 0. The maximum atomic E-state index is 12.4. The monoisotopic (exact) mass is 314 g/mol. The maximum Gasteiger partial charge on any atom is 0.411 e. The number of nitrogens with zero attached hydrogens (tertiary/aromatic N) is 2. The predicted octanol–water partition coefficient (Wildman–Crippen LogP) is 3.44. The second-order valence-electron chi connectivity index (χ2n) is 6.78.